The van der Waals surface area contributed by atoms with Crippen LogP contribution in [-0.4, -0.2) is 31.1 Å². The lowest BCUT2D eigenvalue weighted by Gasteiger charge is -2.59. The van der Waals surface area contributed by atoms with Crippen LogP contribution in [0.15, 0.2) is 28.5 Å². The van der Waals surface area contributed by atoms with Crippen molar-refractivity contribution in [3.63, 3.8) is 0 Å². The third-order valence-corrected chi connectivity index (χ3v) is 9.10. The first-order valence-electron chi connectivity index (χ1n) is 10.5. The molecule has 0 heterocycles. The van der Waals surface area contributed by atoms with Crippen molar-refractivity contribution >= 4 is 15.8 Å². The van der Waals surface area contributed by atoms with Gasteiger partial charge in [0.15, 0.2) is 0 Å². The van der Waals surface area contributed by atoms with Crippen LogP contribution in [-0.2, 0) is 14.4 Å². The summed E-state index contributed by atoms with van der Waals surface area (Å²) in [7, 11) is -3.58. The summed E-state index contributed by atoms with van der Waals surface area (Å²) in [6.45, 7) is 8.71. The van der Waals surface area contributed by atoms with E-state index < -0.39 is 15.7 Å². The molecule has 0 radical (unpaired) electrons. The van der Waals surface area contributed by atoms with Gasteiger partial charge in [-0.25, -0.2) is 0 Å². The zero-order chi connectivity index (χ0) is 20.5. The van der Waals surface area contributed by atoms with Gasteiger partial charge in [-0.1, -0.05) is 36.7 Å². The molecule has 2 fully saturated rings. The van der Waals surface area contributed by atoms with E-state index in [0.29, 0.717) is 17.8 Å². The minimum atomic E-state index is -3.58. The lowest BCUT2D eigenvalue weighted by atomic mass is 9.46. The summed E-state index contributed by atoms with van der Waals surface area (Å²) in [5.41, 5.74) is 2.68. The van der Waals surface area contributed by atoms with Crippen molar-refractivity contribution in [3.05, 3.63) is 23.3 Å². The van der Waals surface area contributed by atoms with E-state index in [-0.39, 0.29) is 10.8 Å². The van der Waals surface area contributed by atoms with Gasteiger partial charge in [0.25, 0.3) is 0 Å². The fourth-order valence-corrected chi connectivity index (χ4v) is 7.12. The Hall–Kier alpha value is -1.14. The first-order chi connectivity index (χ1) is 12.9. The molecule has 0 bridgehead atoms. The first kappa shape index (κ1) is 20.1. The topological polar surface area (TPSA) is 76.0 Å². The van der Waals surface area contributed by atoms with Crippen LogP contribution in [0.25, 0.3) is 0 Å². The van der Waals surface area contributed by atoms with E-state index in [9.17, 15) is 13.5 Å². The molecule has 0 aromatic heterocycles. The van der Waals surface area contributed by atoms with Crippen LogP contribution in [0.5, 0.6) is 0 Å². The lowest BCUT2D eigenvalue weighted by molar-refractivity contribution is -0.105. The van der Waals surface area contributed by atoms with E-state index in [1.54, 1.807) is 0 Å². The van der Waals surface area contributed by atoms with E-state index in [1.165, 1.54) is 5.57 Å². The van der Waals surface area contributed by atoms with Crippen molar-refractivity contribution in [2.75, 3.05) is 6.26 Å². The summed E-state index contributed by atoms with van der Waals surface area (Å²) in [6.07, 6.45) is 11.4. The molecule has 0 amide bonds. The van der Waals surface area contributed by atoms with Crippen molar-refractivity contribution in [2.45, 2.75) is 71.8 Å². The molecule has 0 saturated heterocycles. The number of oxime groups is 1. The van der Waals surface area contributed by atoms with Gasteiger partial charge in [-0.2, -0.15) is 8.42 Å². The molecule has 0 aliphatic heterocycles. The minimum absolute atomic E-state index is 0.0641. The third-order valence-electron chi connectivity index (χ3n) is 8.76. The van der Waals surface area contributed by atoms with E-state index in [4.69, 9.17) is 4.28 Å². The minimum Gasteiger partial charge on any atom is -0.385 e. The average Bonchev–Trinajstić information content (AvgIpc) is 2.83. The highest BCUT2D eigenvalue weighted by atomic mass is 32.2. The number of allylic oxidation sites excluding steroid dienone is 3. The highest BCUT2D eigenvalue weighted by Crippen LogP contribution is 2.66. The molecule has 4 aliphatic carbocycles. The number of rotatable bonds is 2. The van der Waals surface area contributed by atoms with Crippen LogP contribution in [0.3, 0.4) is 0 Å². The van der Waals surface area contributed by atoms with Gasteiger partial charge in [0.1, 0.15) is 0 Å². The van der Waals surface area contributed by atoms with Crippen molar-refractivity contribution < 1.29 is 17.8 Å². The Morgan fingerprint density at radius 3 is 2.57 bits per heavy atom. The van der Waals surface area contributed by atoms with Gasteiger partial charge in [-0.15, -0.1) is 0 Å². The second-order valence-corrected chi connectivity index (χ2v) is 11.7. The molecule has 4 rings (SSSR count). The van der Waals surface area contributed by atoms with Gasteiger partial charge < -0.3 is 5.11 Å². The SMILES string of the molecule is CC1=C2CC[C@@H]3[C@H](CC[C@@]4(C)[C@H]3C=C[C@]4(C)O)[C@@]2(C)CC/C1=N\OS(C)(=O)=O. The molecule has 2 saturated carbocycles. The maximum absolute atomic E-state index is 11.3. The second kappa shape index (κ2) is 6.18. The van der Waals surface area contributed by atoms with Gasteiger partial charge in [0, 0.05) is 5.41 Å². The smallest absolute Gasteiger partial charge is 0.325 e. The molecule has 156 valence electrons. The molecular weight excluding hydrogens is 374 g/mol. The largest absolute Gasteiger partial charge is 0.385 e. The Morgan fingerprint density at radius 2 is 1.89 bits per heavy atom. The van der Waals surface area contributed by atoms with Crippen LogP contribution >= 0.6 is 0 Å². The zero-order valence-corrected chi connectivity index (χ0v) is 18.5. The molecule has 0 unspecified atom stereocenters. The molecular formula is C22H33NO4S. The van der Waals surface area contributed by atoms with E-state index >= 15 is 0 Å². The summed E-state index contributed by atoms with van der Waals surface area (Å²) >= 11 is 0. The molecule has 0 aromatic carbocycles. The average molecular weight is 408 g/mol. The Morgan fingerprint density at radius 1 is 1.18 bits per heavy atom. The quantitative estimate of drug-likeness (QED) is 0.550. The van der Waals surface area contributed by atoms with Crippen LogP contribution in [0, 0.1) is 28.6 Å². The van der Waals surface area contributed by atoms with Gasteiger partial charge >= 0.3 is 10.1 Å². The number of aliphatic hydroxyl groups is 1. The molecule has 6 atom stereocenters. The third kappa shape index (κ3) is 2.82. The van der Waals surface area contributed by atoms with E-state index in [1.807, 2.05) is 13.0 Å². The molecule has 5 nitrogen and oxygen atoms in total. The highest BCUT2D eigenvalue weighted by Gasteiger charge is 2.60. The van der Waals surface area contributed by atoms with Crippen LogP contribution in [0.2, 0.25) is 0 Å². The zero-order valence-electron chi connectivity index (χ0n) is 17.7. The number of fused-ring (bicyclic) bond motifs is 5. The second-order valence-electron chi connectivity index (χ2n) is 10.1. The predicted molar refractivity (Wildman–Crippen MR) is 110 cm³/mol. The number of nitrogens with zero attached hydrogens (tertiary/aromatic N) is 1. The summed E-state index contributed by atoms with van der Waals surface area (Å²) < 4.78 is 27.4. The van der Waals surface area contributed by atoms with E-state index in [0.717, 1.165) is 56.1 Å². The number of hydrogen-bond donors (Lipinski definition) is 1. The van der Waals surface area contributed by atoms with Crippen molar-refractivity contribution in [1.82, 2.24) is 0 Å². The van der Waals surface area contributed by atoms with Crippen LogP contribution in [0.1, 0.15) is 66.2 Å². The maximum atomic E-state index is 11.3. The standard InChI is InChI=1S/C22H33NO4S/c1-14-16-7-6-15-17(8-12-21(3)18(15)9-13-22(21,4)24)20(16,2)11-10-19(14)23-27-28(5,25)26/h9,13,15,17-18,24H,6-8,10-12H2,1-5H3/b23-19+/t15-,17+,18+,20+,21+,22+/m1/s1. The fourth-order valence-electron chi connectivity index (χ4n) is 6.90. The van der Waals surface area contributed by atoms with Gasteiger partial charge in [-0.3, -0.25) is 4.28 Å². The molecule has 1 N–H and O–H groups in total. The Kier molecular flexibility index (Phi) is 4.45. The normalized spacial score (nSPS) is 46.9. The molecule has 0 spiro atoms. The van der Waals surface area contributed by atoms with Crippen molar-refractivity contribution in [1.29, 1.82) is 0 Å². The molecule has 6 heteroatoms. The van der Waals surface area contributed by atoms with Gasteiger partial charge in [-0.05, 0) is 81.1 Å². The molecule has 28 heavy (non-hydrogen) atoms. The van der Waals surface area contributed by atoms with E-state index in [2.05, 4.69) is 32.0 Å². The summed E-state index contributed by atoms with van der Waals surface area (Å²) in [5.74, 6) is 1.63. The monoisotopic (exact) mass is 407 g/mol. The maximum Gasteiger partial charge on any atom is 0.325 e. The summed E-state index contributed by atoms with van der Waals surface area (Å²) in [5, 5.41) is 14.9. The highest BCUT2D eigenvalue weighted by molar-refractivity contribution is 7.85. The van der Waals surface area contributed by atoms with Crippen molar-refractivity contribution in [3.8, 4) is 0 Å². The summed E-state index contributed by atoms with van der Waals surface area (Å²) in [6, 6.07) is 0. The molecule has 0 aromatic rings. The first-order valence-corrected chi connectivity index (χ1v) is 12.3. The lowest BCUT2D eigenvalue weighted by Crippen LogP contribution is -2.54. The Balaban J connectivity index is 1.66. The van der Waals surface area contributed by atoms with Gasteiger partial charge in [0.2, 0.25) is 0 Å². The Bertz CT molecular complexity index is 884. The van der Waals surface area contributed by atoms with Gasteiger partial charge in [0.05, 0.1) is 17.6 Å². The summed E-state index contributed by atoms with van der Waals surface area (Å²) in [4.78, 5) is 0. The number of hydrogen-bond acceptors (Lipinski definition) is 5. The molecule has 4 aliphatic rings. The fraction of sp³-hybridized carbons (Fsp3) is 0.773. The Labute approximate surface area is 169 Å². The van der Waals surface area contributed by atoms with Crippen molar-refractivity contribution in [2.24, 2.45) is 33.7 Å². The predicted octanol–water partition coefficient (Wildman–Crippen LogP) is 4.20. The van der Waals surface area contributed by atoms with Crippen LogP contribution < -0.4 is 0 Å². The van der Waals surface area contributed by atoms with Crippen LogP contribution in [0.4, 0.5) is 0 Å².